The average Bonchev–Trinajstić information content (AvgIpc) is 3.48. The van der Waals surface area contributed by atoms with E-state index in [2.05, 4.69) is 5.32 Å². The van der Waals surface area contributed by atoms with Crippen LogP contribution in [0, 0.1) is 5.92 Å². The van der Waals surface area contributed by atoms with Gasteiger partial charge in [0, 0.05) is 30.3 Å². The van der Waals surface area contributed by atoms with E-state index >= 15 is 0 Å². The molecule has 2 aromatic rings. The molecule has 0 saturated heterocycles. The van der Waals surface area contributed by atoms with E-state index < -0.39 is 0 Å². The zero-order valence-electron chi connectivity index (χ0n) is 16.3. The van der Waals surface area contributed by atoms with Crippen LogP contribution in [0.4, 0.5) is 11.4 Å². The highest BCUT2D eigenvalue weighted by molar-refractivity contribution is 5.99. The Balaban J connectivity index is 1.24. The summed E-state index contributed by atoms with van der Waals surface area (Å²) in [5.41, 5.74) is 3.93. The second-order valence-corrected chi connectivity index (χ2v) is 7.95. The number of hydrogen-bond donors (Lipinski definition) is 1. The van der Waals surface area contributed by atoms with Gasteiger partial charge in [-0.15, -0.1) is 0 Å². The monoisotopic (exact) mass is 392 g/mol. The van der Waals surface area contributed by atoms with E-state index in [9.17, 15) is 9.59 Å². The number of hydrogen-bond acceptors (Lipinski definition) is 4. The lowest BCUT2D eigenvalue weighted by atomic mass is 10.0. The van der Waals surface area contributed by atoms with E-state index in [1.54, 1.807) is 0 Å². The molecule has 0 atom stereocenters. The lowest BCUT2D eigenvalue weighted by Crippen LogP contribution is -2.36. The van der Waals surface area contributed by atoms with Gasteiger partial charge in [0.2, 0.25) is 18.6 Å². The molecule has 0 radical (unpaired) electrons. The number of aryl methyl sites for hydroxylation is 2. The molecule has 1 aliphatic carbocycles. The minimum atomic E-state index is -0.0431. The normalized spacial score (nSPS) is 17.0. The summed E-state index contributed by atoms with van der Waals surface area (Å²) < 4.78 is 10.7. The molecule has 29 heavy (non-hydrogen) atoms. The Morgan fingerprint density at radius 3 is 2.79 bits per heavy atom. The Labute approximate surface area is 169 Å². The number of carbonyl (C=O) groups excluding carboxylic acids is 2. The first kappa shape index (κ1) is 18.0. The van der Waals surface area contributed by atoms with Crippen LogP contribution in [0.2, 0.25) is 0 Å². The molecule has 1 saturated carbocycles. The van der Waals surface area contributed by atoms with Gasteiger partial charge in [0.05, 0.1) is 0 Å². The highest BCUT2D eigenvalue weighted by Crippen LogP contribution is 2.37. The first-order chi connectivity index (χ1) is 14.2. The number of nitrogens with zero attached hydrogens (tertiary/aromatic N) is 1. The predicted molar refractivity (Wildman–Crippen MR) is 109 cm³/mol. The molecular weight excluding hydrogens is 368 g/mol. The smallest absolute Gasteiger partial charge is 0.231 e. The van der Waals surface area contributed by atoms with E-state index in [4.69, 9.17) is 9.47 Å². The van der Waals surface area contributed by atoms with Gasteiger partial charge in [-0.1, -0.05) is 12.1 Å². The molecule has 0 aromatic heterocycles. The maximum absolute atomic E-state index is 12.6. The van der Waals surface area contributed by atoms with Crippen LogP contribution in [0.25, 0.3) is 0 Å². The summed E-state index contributed by atoms with van der Waals surface area (Å²) in [6, 6.07) is 11.7. The molecule has 1 fully saturated rings. The van der Waals surface area contributed by atoms with Crippen molar-refractivity contribution in [1.29, 1.82) is 0 Å². The number of rotatable bonds is 5. The number of ether oxygens (including phenoxy) is 2. The molecule has 6 heteroatoms. The van der Waals surface area contributed by atoms with Gasteiger partial charge in [0.15, 0.2) is 11.5 Å². The van der Waals surface area contributed by atoms with Gasteiger partial charge in [0.1, 0.15) is 0 Å². The zero-order valence-corrected chi connectivity index (χ0v) is 16.3. The largest absolute Gasteiger partial charge is 0.454 e. The molecule has 2 heterocycles. The van der Waals surface area contributed by atoms with Crippen molar-refractivity contribution in [2.45, 2.75) is 38.5 Å². The second kappa shape index (κ2) is 7.43. The standard InChI is InChI=1S/C23H24N2O4/c26-22(10-4-15-3-9-20-21(12-15)29-14-28-20)24-18-8-7-16-2-1-11-25(19(16)13-18)23(27)17-5-6-17/h3,7-9,12-13,17H,1-2,4-6,10-11,14H2,(H,24,26). The average molecular weight is 392 g/mol. The summed E-state index contributed by atoms with van der Waals surface area (Å²) in [5.74, 6) is 1.87. The third-order valence-electron chi connectivity index (χ3n) is 5.76. The molecule has 1 N–H and O–H groups in total. The van der Waals surface area contributed by atoms with Crippen molar-refractivity contribution >= 4 is 23.2 Å². The van der Waals surface area contributed by atoms with Crippen molar-refractivity contribution < 1.29 is 19.1 Å². The van der Waals surface area contributed by atoms with Crippen LogP contribution >= 0.6 is 0 Å². The van der Waals surface area contributed by atoms with Gasteiger partial charge in [-0.25, -0.2) is 0 Å². The highest BCUT2D eigenvalue weighted by atomic mass is 16.7. The Morgan fingerprint density at radius 1 is 1.07 bits per heavy atom. The fourth-order valence-electron chi connectivity index (χ4n) is 4.01. The van der Waals surface area contributed by atoms with E-state index in [-0.39, 0.29) is 24.5 Å². The fourth-order valence-corrected chi connectivity index (χ4v) is 4.01. The maximum atomic E-state index is 12.6. The van der Waals surface area contributed by atoms with Gasteiger partial charge < -0.3 is 19.7 Å². The Hall–Kier alpha value is -3.02. The van der Waals surface area contributed by atoms with Gasteiger partial charge in [-0.3, -0.25) is 9.59 Å². The minimum Gasteiger partial charge on any atom is -0.454 e. The summed E-state index contributed by atoms with van der Waals surface area (Å²) in [5, 5.41) is 2.99. The summed E-state index contributed by atoms with van der Waals surface area (Å²) >= 11 is 0. The van der Waals surface area contributed by atoms with Crippen molar-refractivity contribution in [3.63, 3.8) is 0 Å². The maximum Gasteiger partial charge on any atom is 0.231 e. The topological polar surface area (TPSA) is 67.9 Å². The quantitative estimate of drug-likeness (QED) is 0.843. The lowest BCUT2D eigenvalue weighted by molar-refractivity contribution is -0.120. The van der Waals surface area contributed by atoms with Gasteiger partial charge >= 0.3 is 0 Å². The number of carbonyl (C=O) groups is 2. The SMILES string of the molecule is O=C(CCc1ccc2c(c1)OCO2)Nc1ccc2c(c1)N(C(=O)C1CC1)CCC2. The van der Waals surface area contributed by atoms with Crippen molar-refractivity contribution in [2.24, 2.45) is 5.92 Å². The van der Waals surface area contributed by atoms with Crippen molar-refractivity contribution in [3.05, 3.63) is 47.5 Å². The van der Waals surface area contributed by atoms with E-state index in [0.717, 1.165) is 60.7 Å². The first-order valence-electron chi connectivity index (χ1n) is 10.3. The van der Waals surface area contributed by atoms with Gasteiger partial charge in [-0.2, -0.15) is 0 Å². The molecule has 0 unspecified atom stereocenters. The fraction of sp³-hybridized carbons (Fsp3) is 0.391. The molecule has 150 valence electrons. The number of amides is 2. The summed E-state index contributed by atoms with van der Waals surface area (Å²) in [6.07, 6.45) is 4.97. The van der Waals surface area contributed by atoms with Crippen LogP contribution in [0.15, 0.2) is 36.4 Å². The van der Waals surface area contributed by atoms with Crippen molar-refractivity contribution in [1.82, 2.24) is 0 Å². The molecule has 6 nitrogen and oxygen atoms in total. The van der Waals surface area contributed by atoms with Crippen LogP contribution in [0.3, 0.4) is 0 Å². The van der Waals surface area contributed by atoms with E-state index in [0.29, 0.717) is 12.8 Å². The lowest BCUT2D eigenvalue weighted by Gasteiger charge is -2.30. The second-order valence-electron chi connectivity index (χ2n) is 7.95. The number of fused-ring (bicyclic) bond motifs is 2. The molecule has 5 rings (SSSR count). The predicted octanol–water partition coefficient (Wildman–Crippen LogP) is 3.68. The first-order valence-corrected chi connectivity index (χ1v) is 10.3. The summed E-state index contributed by atoms with van der Waals surface area (Å²) in [4.78, 5) is 27.0. The van der Waals surface area contributed by atoms with E-state index in [1.807, 2.05) is 41.3 Å². The van der Waals surface area contributed by atoms with Crippen LogP contribution in [-0.2, 0) is 22.4 Å². The Morgan fingerprint density at radius 2 is 1.93 bits per heavy atom. The molecule has 0 bridgehead atoms. The summed E-state index contributed by atoms with van der Waals surface area (Å²) in [6.45, 7) is 1.02. The third kappa shape index (κ3) is 3.79. The summed E-state index contributed by atoms with van der Waals surface area (Å²) in [7, 11) is 0. The van der Waals surface area contributed by atoms with E-state index in [1.165, 1.54) is 5.56 Å². The van der Waals surface area contributed by atoms with Crippen molar-refractivity contribution in [2.75, 3.05) is 23.6 Å². The highest BCUT2D eigenvalue weighted by Gasteiger charge is 2.35. The molecular formula is C23H24N2O4. The van der Waals surface area contributed by atoms with Crippen LogP contribution in [0.1, 0.15) is 36.8 Å². The molecule has 2 aliphatic heterocycles. The van der Waals surface area contributed by atoms with Crippen LogP contribution < -0.4 is 19.7 Å². The van der Waals surface area contributed by atoms with Crippen LogP contribution in [0.5, 0.6) is 11.5 Å². The number of anilines is 2. The molecule has 3 aliphatic rings. The van der Waals surface area contributed by atoms with Gasteiger partial charge in [0.25, 0.3) is 0 Å². The molecule has 0 spiro atoms. The Bertz CT molecular complexity index is 967. The van der Waals surface area contributed by atoms with Crippen molar-refractivity contribution in [3.8, 4) is 11.5 Å². The Kier molecular flexibility index (Phi) is 4.62. The number of benzene rings is 2. The van der Waals surface area contributed by atoms with Crippen LogP contribution in [-0.4, -0.2) is 25.2 Å². The molecule has 2 aromatic carbocycles. The van der Waals surface area contributed by atoms with Gasteiger partial charge in [-0.05, 0) is 67.5 Å². The third-order valence-corrected chi connectivity index (χ3v) is 5.76. The molecule has 2 amide bonds. The minimum absolute atomic E-state index is 0.0431. The number of nitrogens with one attached hydrogen (secondary N) is 1. The zero-order chi connectivity index (χ0) is 19.8.